The van der Waals surface area contributed by atoms with Gasteiger partial charge in [0.2, 0.25) is 0 Å². The molecule has 2 rings (SSSR count). The van der Waals surface area contributed by atoms with Crippen LogP contribution in [-0.2, 0) is 0 Å². The summed E-state index contributed by atoms with van der Waals surface area (Å²) in [5.41, 5.74) is 3.26. The summed E-state index contributed by atoms with van der Waals surface area (Å²) < 4.78 is 5.49. The molecule has 0 heterocycles. The Morgan fingerprint density at radius 3 is 2.21 bits per heavy atom. The van der Waals surface area contributed by atoms with E-state index in [0.717, 1.165) is 22.4 Å². The summed E-state index contributed by atoms with van der Waals surface area (Å²) in [6, 6.07) is 18.2. The monoisotopic (exact) mass is 254 g/mol. The van der Waals surface area contributed by atoms with Gasteiger partial charge in [0.05, 0.1) is 6.61 Å². The van der Waals surface area contributed by atoms with E-state index in [0.29, 0.717) is 6.61 Å². The van der Waals surface area contributed by atoms with Crippen molar-refractivity contribution >= 4 is 5.57 Å². The van der Waals surface area contributed by atoms with Crippen molar-refractivity contribution in [1.82, 2.24) is 0 Å². The van der Waals surface area contributed by atoms with E-state index < -0.39 is 0 Å². The summed E-state index contributed by atoms with van der Waals surface area (Å²) in [4.78, 5) is 0. The maximum atomic E-state index is 5.49. The number of hydrogen-bond donors (Lipinski definition) is 0. The Bertz CT molecular complexity index is 500. The maximum Gasteiger partial charge on any atom is 0.119 e. The highest BCUT2D eigenvalue weighted by Crippen LogP contribution is 2.24. The third-order valence-corrected chi connectivity index (χ3v) is 2.62. The first-order valence-electron chi connectivity index (χ1n) is 6.79. The molecule has 0 atom stereocenters. The van der Waals surface area contributed by atoms with E-state index >= 15 is 0 Å². The van der Waals surface area contributed by atoms with Crippen molar-refractivity contribution in [2.45, 2.75) is 20.8 Å². The van der Waals surface area contributed by atoms with Crippen LogP contribution in [0.2, 0.25) is 0 Å². The van der Waals surface area contributed by atoms with Gasteiger partial charge in [-0.25, -0.2) is 0 Å². The molecule has 100 valence electrons. The first-order chi connectivity index (χ1) is 9.31. The summed E-state index contributed by atoms with van der Waals surface area (Å²) in [5, 5.41) is 0. The van der Waals surface area contributed by atoms with Crippen LogP contribution >= 0.6 is 0 Å². The summed E-state index contributed by atoms with van der Waals surface area (Å²) in [6.45, 7) is 10.8. The van der Waals surface area contributed by atoms with Gasteiger partial charge in [-0.1, -0.05) is 62.9 Å². The molecule has 0 aliphatic rings. The van der Waals surface area contributed by atoms with Gasteiger partial charge in [0.15, 0.2) is 0 Å². The lowest BCUT2D eigenvalue weighted by Gasteiger charge is -2.08. The molecule has 0 radical (unpaired) electrons. The molecule has 2 aromatic carbocycles. The SMILES string of the molecule is C=C(c1ccccc1)c1cccc(OCC)c1.CC. The number of ether oxygens (including phenoxy) is 1. The van der Waals surface area contributed by atoms with Crippen molar-refractivity contribution < 1.29 is 4.74 Å². The van der Waals surface area contributed by atoms with E-state index in [1.165, 1.54) is 0 Å². The van der Waals surface area contributed by atoms with Gasteiger partial charge in [0.1, 0.15) is 5.75 Å². The Morgan fingerprint density at radius 2 is 1.58 bits per heavy atom. The van der Waals surface area contributed by atoms with Crippen LogP contribution in [0.1, 0.15) is 31.9 Å². The molecule has 1 nitrogen and oxygen atoms in total. The largest absolute Gasteiger partial charge is 0.494 e. The van der Waals surface area contributed by atoms with Gasteiger partial charge in [-0.3, -0.25) is 0 Å². The van der Waals surface area contributed by atoms with E-state index in [4.69, 9.17) is 4.74 Å². The van der Waals surface area contributed by atoms with Crippen LogP contribution in [0.25, 0.3) is 5.57 Å². The average Bonchev–Trinajstić information content (AvgIpc) is 2.50. The highest BCUT2D eigenvalue weighted by molar-refractivity contribution is 5.78. The van der Waals surface area contributed by atoms with Crippen LogP contribution in [0.4, 0.5) is 0 Å². The second-order valence-electron chi connectivity index (χ2n) is 3.81. The first kappa shape index (κ1) is 15.0. The van der Waals surface area contributed by atoms with Crippen molar-refractivity contribution in [2.75, 3.05) is 6.61 Å². The van der Waals surface area contributed by atoms with E-state index in [1.54, 1.807) is 0 Å². The predicted molar refractivity (Wildman–Crippen MR) is 83.5 cm³/mol. The molecule has 0 saturated carbocycles. The minimum absolute atomic E-state index is 0.682. The van der Waals surface area contributed by atoms with E-state index in [9.17, 15) is 0 Å². The van der Waals surface area contributed by atoms with Gasteiger partial charge in [-0.2, -0.15) is 0 Å². The van der Waals surface area contributed by atoms with Crippen molar-refractivity contribution in [1.29, 1.82) is 0 Å². The standard InChI is InChI=1S/C16H16O.C2H6/c1-3-17-16-11-7-10-15(12-16)13(2)14-8-5-4-6-9-14;1-2/h4-12H,2-3H2,1H3;1-2H3. The molecule has 0 N–H and O–H groups in total. The summed E-state index contributed by atoms with van der Waals surface area (Å²) >= 11 is 0. The van der Waals surface area contributed by atoms with Crippen LogP contribution in [0.15, 0.2) is 61.2 Å². The van der Waals surface area contributed by atoms with Gasteiger partial charge in [-0.15, -0.1) is 0 Å². The van der Waals surface area contributed by atoms with Gasteiger partial charge in [0, 0.05) is 0 Å². The molecule has 0 aliphatic carbocycles. The van der Waals surface area contributed by atoms with Crippen molar-refractivity contribution in [3.05, 3.63) is 72.3 Å². The lowest BCUT2D eigenvalue weighted by atomic mass is 10.00. The zero-order chi connectivity index (χ0) is 14.1. The lowest BCUT2D eigenvalue weighted by Crippen LogP contribution is -1.92. The van der Waals surface area contributed by atoms with Gasteiger partial charge < -0.3 is 4.74 Å². The average molecular weight is 254 g/mol. The minimum Gasteiger partial charge on any atom is -0.494 e. The van der Waals surface area contributed by atoms with Crippen molar-refractivity contribution in [2.24, 2.45) is 0 Å². The second kappa shape index (κ2) is 8.15. The van der Waals surface area contributed by atoms with Crippen LogP contribution in [0.5, 0.6) is 5.75 Å². The smallest absolute Gasteiger partial charge is 0.119 e. The highest BCUT2D eigenvalue weighted by Gasteiger charge is 2.02. The van der Waals surface area contributed by atoms with E-state index in [1.807, 2.05) is 57.2 Å². The van der Waals surface area contributed by atoms with E-state index in [2.05, 4.69) is 24.8 Å². The van der Waals surface area contributed by atoms with Crippen LogP contribution < -0.4 is 4.74 Å². The zero-order valence-electron chi connectivity index (χ0n) is 12.0. The van der Waals surface area contributed by atoms with Crippen LogP contribution in [0, 0.1) is 0 Å². The summed E-state index contributed by atoms with van der Waals surface area (Å²) in [5.74, 6) is 0.891. The van der Waals surface area contributed by atoms with E-state index in [-0.39, 0.29) is 0 Å². The molecule has 0 aromatic heterocycles. The topological polar surface area (TPSA) is 9.23 Å². The molecule has 1 heteroatoms. The molecule has 2 aromatic rings. The summed E-state index contributed by atoms with van der Waals surface area (Å²) in [6.07, 6.45) is 0. The van der Waals surface area contributed by atoms with Gasteiger partial charge in [0.25, 0.3) is 0 Å². The Balaban J connectivity index is 0.000000861. The number of rotatable bonds is 4. The minimum atomic E-state index is 0.682. The van der Waals surface area contributed by atoms with Gasteiger partial charge in [-0.05, 0) is 35.8 Å². The molecule has 0 fully saturated rings. The number of benzene rings is 2. The van der Waals surface area contributed by atoms with Crippen LogP contribution in [0.3, 0.4) is 0 Å². The molecular weight excluding hydrogens is 232 g/mol. The summed E-state index contributed by atoms with van der Waals surface area (Å²) in [7, 11) is 0. The molecular formula is C18H22O. The Kier molecular flexibility index (Phi) is 6.45. The fraction of sp³-hybridized carbons (Fsp3) is 0.222. The normalized spacial score (nSPS) is 9.21. The molecule has 0 amide bonds. The maximum absolute atomic E-state index is 5.49. The quantitative estimate of drug-likeness (QED) is 0.731. The zero-order valence-corrected chi connectivity index (χ0v) is 12.0. The fourth-order valence-electron chi connectivity index (χ4n) is 1.75. The van der Waals surface area contributed by atoms with Crippen molar-refractivity contribution in [3.8, 4) is 5.75 Å². The molecule has 0 saturated heterocycles. The molecule has 0 aliphatic heterocycles. The fourth-order valence-corrected chi connectivity index (χ4v) is 1.75. The molecule has 19 heavy (non-hydrogen) atoms. The van der Waals surface area contributed by atoms with Crippen LogP contribution in [-0.4, -0.2) is 6.61 Å². The Hall–Kier alpha value is -2.02. The Labute approximate surface area is 116 Å². The lowest BCUT2D eigenvalue weighted by molar-refractivity contribution is 0.340. The molecule has 0 spiro atoms. The number of hydrogen-bond acceptors (Lipinski definition) is 1. The third kappa shape index (κ3) is 4.29. The first-order valence-corrected chi connectivity index (χ1v) is 6.79. The van der Waals surface area contributed by atoms with Gasteiger partial charge >= 0.3 is 0 Å². The third-order valence-electron chi connectivity index (χ3n) is 2.62. The molecule has 0 unspecified atom stereocenters. The molecule has 0 bridgehead atoms. The van der Waals surface area contributed by atoms with Crippen molar-refractivity contribution in [3.63, 3.8) is 0 Å². The second-order valence-corrected chi connectivity index (χ2v) is 3.81. The highest BCUT2D eigenvalue weighted by atomic mass is 16.5. The Morgan fingerprint density at radius 1 is 0.947 bits per heavy atom. The predicted octanol–water partition coefficient (Wildman–Crippen LogP) is 5.17.